The van der Waals surface area contributed by atoms with Crippen LogP contribution in [0.15, 0.2) is 47.3 Å². The number of nitrogens with one attached hydrogen (secondary N) is 1. The molecule has 0 fully saturated rings. The van der Waals surface area contributed by atoms with Gasteiger partial charge < -0.3 is 10.1 Å². The van der Waals surface area contributed by atoms with E-state index in [0.29, 0.717) is 15.7 Å². The molecule has 0 saturated heterocycles. The average Bonchev–Trinajstić information content (AvgIpc) is 3.09. The van der Waals surface area contributed by atoms with Crippen molar-refractivity contribution in [2.75, 3.05) is 6.54 Å². The minimum atomic E-state index is -0.469. The molecule has 0 spiro atoms. The number of amides is 1. The smallest absolute Gasteiger partial charge is 0.307 e. The topological polar surface area (TPSA) is 103 Å². The zero-order valence-electron chi connectivity index (χ0n) is 15.1. The van der Waals surface area contributed by atoms with E-state index in [9.17, 15) is 14.4 Å². The van der Waals surface area contributed by atoms with Crippen LogP contribution in [-0.2, 0) is 20.9 Å². The molecule has 9 heteroatoms. The predicted molar refractivity (Wildman–Crippen MR) is 105 cm³/mol. The average molecular weight is 398 g/mol. The first kappa shape index (κ1) is 19.4. The molecular weight excluding hydrogens is 380 g/mol. The maximum atomic E-state index is 11.8. The zero-order chi connectivity index (χ0) is 19.9. The fourth-order valence-electron chi connectivity index (χ4n) is 2.32. The molecule has 3 rings (SSSR count). The van der Waals surface area contributed by atoms with Crippen LogP contribution in [0.4, 0.5) is 0 Å². The lowest BCUT2D eigenvalue weighted by Gasteiger charge is -2.03. The molecule has 2 aromatic heterocycles. The number of carbonyl (C=O) groups excluding carboxylic acids is 2. The van der Waals surface area contributed by atoms with E-state index in [0.717, 1.165) is 5.56 Å². The zero-order valence-corrected chi connectivity index (χ0v) is 15.9. The Morgan fingerprint density at radius 2 is 2.07 bits per heavy atom. The second-order valence-corrected chi connectivity index (χ2v) is 6.91. The number of carbonyl (C=O) groups is 2. The van der Waals surface area contributed by atoms with Crippen molar-refractivity contribution in [1.29, 1.82) is 0 Å². The summed E-state index contributed by atoms with van der Waals surface area (Å²) in [6.45, 7) is 1.84. The third-order valence-corrected chi connectivity index (χ3v) is 4.51. The Hall–Kier alpha value is -3.33. The molecule has 1 aromatic carbocycles. The van der Waals surface area contributed by atoms with E-state index >= 15 is 0 Å². The fraction of sp³-hybridized carbons (Fsp3) is 0.211. The lowest BCUT2D eigenvalue weighted by molar-refractivity contribution is -0.144. The van der Waals surface area contributed by atoms with Gasteiger partial charge in [-0.25, -0.2) is 4.98 Å². The molecule has 0 unspecified atom stereocenters. The third kappa shape index (κ3) is 5.34. The van der Waals surface area contributed by atoms with E-state index < -0.39 is 5.97 Å². The number of hydrogen-bond acceptors (Lipinski definition) is 7. The van der Waals surface area contributed by atoms with Crippen LogP contribution in [-0.4, -0.2) is 33.0 Å². The summed E-state index contributed by atoms with van der Waals surface area (Å²) in [5.41, 5.74) is 1.24. The van der Waals surface area contributed by atoms with E-state index in [2.05, 4.69) is 15.4 Å². The fourth-order valence-corrected chi connectivity index (χ4v) is 3.17. The van der Waals surface area contributed by atoms with Crippen molar-refractivity contribution in [2.24, 2.45) is 0 Å². The Morgan fingerprint density at radius 3 is 2.86 bits per heavy atom. The van der Waals surface area contributed by atoms with E-state index in [1.807, 2.05) is 30.3 Å². The second-order valence-electron chi connectivity index (χ2n) is 5.87. The minimum absolute atomic E-state index is 0.0348. The number of fused-ring (bicyclic) bond motifs is 1. The van der Waals surface area contributed by atoms with Crippen LogP contribution in [0.3, 0.4) is 0 Å². The second kappa shape index (κ2) is 9.05. The summed E-state index contributed by atoms with van der Waals surface area (Å²) in [4.78, 5) is 40.0. The first-order valence-electron chi connectivity index (χ1n) is 8.54. The van der Waals surface area contributed by atoms with Crippen LogP contribution in [0.5, 0.6) is 0 Å². The van der Waals surface area contributed by atoms with Gasteiger partial charge in [0.05, 0.1) is 6.42 Å². The van der Waals surface area contributed by atoms with Gasteiger partial charge in [-0.15, -0.1) is 0 Å². The summed E-state index contributed by atoms with van der Waals surface area (Å²) in [6, 6.07) is 10.8. The van der Waals surface area contributed by atoms with Crippen molar-refractivity contribution in [3.63, 3.8) is 0 Å². The van der Waals surface area contributed by atoms with Crippen LogP contribution in [0.1, 0.15) is 22.7 Å². The van der Waals surface area contributed by atoms with Gasteiger partial charge in [-0.1, -0.05) is 41.7 Å². The van der Waals surface area contributed by atoms with Gasteiger partial charge in [0, 0.05) is 24.4 Å². The van der Waals surface area contributed by atoms with Gasteiger partial charge in [-0.05, 0) is 18.6 Å². The number of benzene rings is 1. The van der Waals surface area contributed by atoms with Gasteiger partial charge in [-0.3, -0.25) is 14.4 Å². The lowest BCUT2D eigenvalue weighted by atomic mass is 10.2. The highest BCUT2D eigenvalue weighted by Crippen LogP contribution is 2.12. The number of aromatic nitrogens is 3. The van der Waals surface area contributed by atoms with E-state index in [4.69, 9.17) is 4.74 Å². The van der Waals surface area contributed by atoms with Crippen molar-refractivity contribution in [3.05, 3.63) is 69.1 Å². The number of aryl methyl sites for hydroxylation is 1. The first-order valence-corrected chi connectivity index (χ1v) is 9.36. The number of nitrogens with zero attached hydrogens (tertiary/aromatic N) is 3. The molecule has 144 valence electrons. The Kier molecular flexibility index (Phi) is 6.28. The summed E-state index contributed by atoms with van der Waals surface area (Å²) in [5, 5.41) is 7.18. The van der Waals surface area contributed by atoms with Crippen LogP contribution in [0, 0.1) is 6.92 Å². The van der Waals surface area contributed by atoms with Crippen molar-refractivity contribution >= 4 is 34.3 Å². The summed E-state index contributed by atoms with van der Waals surface area (Å²) in [7, 11) is 0. The standard InChI is InChI=1S/C19H18N4O4S/c1-13-11-17(25)23-19(21-13)28-16(22-23)12-27-18(26)9-10-20-15(24)8-7-14-5-3-2-4-6-14/h2-8,11H,9-10,12H2,1H3,(H,20,24)/b8-7+. The number of hydrogen-bond donors (Lipinski definition) is 1. The van der Waals surface area contributed by atoms with Crippen molar-refractivity contribution in [3.8, 4) is 0 Å². The molecule has 0 atom stereocenters. The molecule has 0 radical (unpaired) electrons. The molecule has 0 aliphatic carbocycles. The Balaban J connectivity index is 1.42. The van der Waals surface area contributed by atoms with Gasteiger partial charge in [0.15, 0.2) is 5.01 Å². The molecule has 0 saturated carbocycles. The molecule has 0 aliphatic rings. The lowest BCUT2D eigenvalue weighted by Crippen LogP contribution is -2.24. The Labute approximate surface area is 164 Å². The SMILES string of the molecule is Cc1cc(=O)n2nc(COC(=O)CCNC(=O)/C=C/c3ccccc3)sc2n1. The molecule has 1 N–H and O–H groups in total. The highest BCUT2D eigenvalue weighted by molar-refractivity contribution is 7.16. The quantitative estimate of drug-likeness (QED) is 0.480. The van der Waals surface area contributed by atoms with Gasteiger partial charge in [0.2, 0.25) is 10.9 Å². The number of rotatable bonds is 7. The van der Waals surface area contributed by atoms with E-state index in [1.165, 1.54) is 28.0 Å². The minimum Gasteiger partial charge on any atom is -0.458 e. The number of ether oxygens (including phenoxy) is 1. The maximum absolute atomic E-state index is 11.8. The van der Waals surface area contributed by atoms with Gasteiger partial charge in [0.1, 0.15) is 6.61 Å². The summed E-state index contributed by atoms with van der Waals surface area (Å²) >= 11 is 1.19. The summed E-state index contributed by atoms with van der Waals surface area (Å²) < 4.78 is 6.32. The van der Waals surface area contributed by atoms with Crippen LogP contribution in [0.25, 0.3) is 11.0 Å². The molecule has 8 nitrogen and oxygen atoms in total. The molecule has 2 heterocycles. The molecule has 28 heavy (non-hydrogen) atoms. The molecule has 3 aromatic rings. The Morgan fingerprint density at radius 1 is 1.29 bits per heavy atom. The predicted octanol–water partition coefficient (Wildman–Crippen LogP) is 1.72. The van der Waals surface area contributed by atoms with Gasteiger partial charge in [-0.2, -0.15) is 9.61 Å². The number of esters is 1. The van der Waals surface area contributed by atoms with Crippen molar-refractivity contribution < 1.29 is 14.3 Å². The highest BCUT2D eigenvalue weighted by atomic mass is 32.1. The van der Waals surface area contributed by atoms with Crippen LogP contribution < -0.4 is 10.9 Å². The highest BCUT2D eigenvalue weighted by Gasteiger charge is 2.10. The van der Waals surface area contributed by atoms with Crippen molar-refractivity contribution in [2.45, 2.75) is 20.0 Å². The normalized spacial score (nSPS) is 11.0. The molecular formula is C19H18N4O4S. The van der Waals surface area contributed by atoms with Gasteiger partial charge in [0.25, 0.3) is 5.56 Å². The van der Waals surface area contributed by atoms with Crippen LogP contribution >= 0.6 is 11.3 Å². The largest absolute Gasteiger partial charge is 0.458 e. The van der Waals surface area contributed by atoms with Crippen LogP contribution in [0.2, 0.25) is 0 Å². The van der Waals surface area contributed by atoms with Gasteiger partial charge >= 0.3 is 5.97 Å². The van der Waals surface area contributed by atoms with E-state index in [1.54, 1.807) is 13.0 Å². The molecule has 1 amide bonds. The molecule has 0 bridgehead atoms. The monoisotopic (exact) mass is 398 g/mol. The summed E-state index contributed by atoms with van der Waals surface area (Å²) in [5.74, 6) is -0.758. The third-order valence-electron chi connectivity index (χ3n) is 3.63. The summed E-state index contributed by atoms with van der Waals surface area (Å²) in [6.07, 6.45) is 3.14. The maximum Gasteiger partial charge on any atom is 0.307 e. The molecule has 0 aliphatic heterocycles. The first-order chi connectivity index (χ1) is 13.5. The van der Waals surface area contributed by atoms with E-state index in [-0.39, 0.29) is 31.0 Å². The van der Waals surface area contributed by atoms with Crippen molar-refractivity contribution in [1.82, 2.24) is 19.9 Å². The Bertz CT molecular complexity index is 1070.